The fourth-order valence-electron chi connectivity index (χ4n) is 1.35. The van der Waals surface area contributed by atoms with Crippen molar-refractivity contribution in [3.8, 4) is 5.75 Å². The molecule has 102 valence electrons. The number of nitrogens with one attached hydrogen (secondary N) is 1. The molecule has 0 saturated carbocycles. The lowest BCUT2D eigenvalue weighted by Crippen LogP contribution is -2.19. The van der Waals surface area contributed by atoms with Crippen LogP contribution in [0.4, 0.5) is 5.82 Å². The van der Waals surface area contributed by atoms with Crippen LogP contribution in [0, 0.1) is 0 Å². The largest absolute Gasteiger partial charge is 0.487 e. The molecule has 6 nitrogen and oxygen atoms in total. The third-order valence-electron chi connectivity index (χ3n) is 2.03. The highest BCUT2D eigenvalue weighted by Gasteiger charge is 2.06. The van der Waals surface area contributed by atoms with Crippen molar-refractivity contribution in [1.29, 1.82) is 0 Å². The molecule has 1 rings (SSSR count). The van der Waals surface area contributed by atoms with Crippen molar-refractivity contribution in [2.24, 2.45) is 5.14 Å². The van der Waals surface area contributed by atoms with Crippen molar-refractivity contribution in [1.82, 2.24) is 4.98 Å². The van der Waals surface area contributed by atoms with E-state index < -0.39 is 10.0 Å². The van der Waals surface area contributed by atoms with E-state index in [1.807, 2.05) is 19.9 Å². The van der Waals surface area contributed by atoms with Gasteiger partial charge < -0.3 is 10.1 Å². The number of ether oxygens (including phenoxy) is 1. The normalized spacial score (nSPS) is 11.6. The number of rotatable bonds is 7. The van der Waals surface area contributed by atoms with Gasteiger partial charge in [0, 0.05) is 12.7 Å². The van der Waals surface area contributed by atoms with Crippen LogP contribution in [-0.2, 0) is 10.0 Å². The molecule has 3 N–H and O–H groups in total. The number of aromatic nitrogens is 1. The summed E-state index contributed by atoms with van der Waals surface area (Å²) in [6, 6.07) is 3.60. The average Bonchev–Trinajstić information content (AvgIpc) is 2.24. The molecule has 0 bridgehead atoms. The van der Waals surface area contributed by atoms with Crippen LogP contribution in [-0.4, -0.2) is 31.8 Å². The van der Waals surface area contributed by atoms with Gasteiger partial charge in [0.1, 0.15) is 0 Å². The lowest BCUT2D eigenvalue weighted by molar-refractivity contribution is 0.243. The number of primary sulfonamides is 1. The Morgan fingerprint density at radius 2 is 2.22 bits per heavy atom. The molecule has 0 radical (unpaired) electrons. The Kier molecular flexibility index (Phi) is 5.36. The van der Waals surface area contributed by atoms with Gasteiger partial charge in [-0.25, -0.2) is 18.5 Å². The molecule has 0 spiro atoms. The van der Waals surface area contributed by atoms with Crippen LogP contribution in [0.3, 0.4) is 0 Å². The molecular formula is C11H19N3O3S. The Morgan fingerprint density at radius 1 is 1.50 bits per heavy atom. The summed E-state index contributed by atoms with van der Waals surface area (Å²) in [6.07, 6.45) is 2.13. The van der Waals surface area contributed by atoms with Crippen molar-refractivity contribution in [3.63, 3.8) is 0 Å². The summed E-state index contributed by atoms with van der Waals surface area (Å²) in [5, 5.41) is 7.95. The summed E-state index contributed by atoms with van der Waals surface area (Å²) in [5.74, 6) is 1.22. The molecule has 1 aromatic heterocycles. The number of nitrogens with two attached hydrogens (primary N) is 1. The van der Waals surface area contributed by atoms with Gasteiger partial charge in [-0.15, -0.1) is 0 Å². The van der Waals surface area contributed by atoms with Gasteiger partial charge in [-0.1, -0.05) is 0 Å². The molecule has 0 atom stereocenters. The SMILES string of the molecule is CC(C)Oc1cccnc1NCCCS(N)(=O)=O. The van der Waals surface area contributed by atoms with E-state index in [-0.39, 0.29) is 11.9 Å². The lowest BCUT2D eigenvalue weighted by Gasteiger charge is -2.14. The van der Waals surface area contributed by atoms with E-state index in [9.17, 15) is 8.42 Å². The molecular weight excluding hydrogens is 254 g/mol. The molecule has 0 unspecified atom stereocenters. The second kappa shape index (κ2) is 6.55. The van der Waals surface area contributed by atoms with Crippen LogP contribution >= 0.6 is 0 Å². The summed E-state index contributed by atoms with van der Waals surface area (Å²) >= 11 is 0. The molecule has 0 aliphatic heterocycles. The zero-order valence-electron chi connectivity index (χ0n) is 10.6. The van der Waals surface area contributed by atoms with Gasteiger partial charge in [0.05, 0.1) is 11.9 Å². The molecule has 0 saturated heterocycles. The van der Waals surface area contributed by atoms with Crippen LogP contribution < -0.4 is 15.2 Å². The lowest BCUT2D eigenvalue weighted by atomic mass is 10.4. The first kappa shape index (κ1) is 14.7. The smallest absolute Gasteiger partial charge is 0.209 e. The van der Waals surface area contributed by atoms with Crippen LogP contribution in [0.15, 0.2) is 18.3 Å². The number of hydrogen-bond acceptors (Lipinski definition) is 5. The number of anilines is 1. The summed E-state index contributed by atoms with van der Waals surface area (Å²) in [6.45, 7) is 4.33. The maximum absolute atomic E-state index is 10.8. The van der Waals surface area contributed by atoms with Crippen LogP contribution in [0.1, 0.15) is 20.3 Å². The summed E-state index contributed by atoms with van der Waals surface area (Å²) in [7, 11) is -3.40. The second-order valence-electron chi connectivity index (χ2n) is 4.16. The molecule has 0 fully saturated rings. The monoisotopic (exact) mass is 273 g/mol. The average molecular weight is 273 g/mol. The molecule has 18 heavy (non-hydrogen) atoms. The minimum absolute atomic E-state index is 0.0484. The quantitative estimate of drug-likeness (QED) is 0.722. The molecule has 0 aliphatic carbocycles. The summed E-state index contributed by atoms with van der Waals surface area (Å²) in [5.41, 5.74) is 0. The minimum Gasteiger partial charge on any atom is -0.487 e. The first-order chi connectivity index (χ1) is 8.38. The van der Waals surface area contributed by atoms with E-state index >= 15 is 0 Å². The zero-order chi connectivity index (χ0) is 13.6. The molecule has 0 aromatic carbocycles. The number of sulfonamides is 1. The fourth-order valence-corrected chi connectivity index (χ4v) is 1.90. The highest BCUT2D eigenvalue weighted by molar-refractivity contribution is 7.89. The first-order valence-corrected chi connectivity index (χ1v) is 7.46. The number of pyridine rings is 1. The standard InChI is InChI=1S/C11H19N3O3S/c1-9(2)17-10-5-3-6-13-11(10)14-7-4-8-18(12,15)16/h3,5-6,9H,4,7-8H2,1-2H3,(H,13,14)(H2,12,15,16). The molecule has 0 amide bonds. The Labute approximate surface area is 108 Å². The maximum atomic E-state index is 10.8. The van der Waals surface area contributed by atoms with Crippen molar-refractivity contribution >= 4 is 15.8 Å². The van der Waals surface area contributed by atoms with Crippen molar-refractivity contribution in [3.05, 3.63) is 18.3 Å². The van der Waals surface area contributed by atoms with Gasteiger partial charge in [-0.2, -0.15) is 0 Å². The Bertz CT molecular complexity index is 474. The van der Waals surface area contributed by atoms with Gasteiger partial charge in [-0.3, -0.25) is 0 Å². The van der Waals surface area contributed by atoms with Gasteiger partial charge >= 0.3 is 0 Å². The highest BCUT2D eigenvalue weighted by atomic mass is 32.2. The van der Waals surface area contributed by atoms with Crippen LogP contribution in [0.2, 0.25) is 0 Å². The van der Waals surface area contributed by atoms with Crippen molar-refractivity contribution < 1.29 is 13.2 Å². The number of nitrogens with zero attached hydrogens (tertiary/aromatic N) is 1. The predicted molar refractivity (Wildman–Crippen MR) is 71.1 cm³/mol. The fraction of sp³-hybridized carbons (Fsp3) is 0.545. The Hall–Kier alpha value is -1.34. The van der Waals surface area contributed by atoms with Crippen LogP contribution in [0.5, 0.6) is 5.75 Å². The first-order valence-electron chi connectivity index (χ1n) is 5.74. The summed E-state index contributed by atoms with van der Waals surface area (Å²) < 4.78 is 27.1. The van der Waals surface area contributed by atoms with E-state index in [0.717, 1.165) is 0 Å². The van der Waals surface area contributed by atoms with Crippen molar-refractivity contribution in [2.45, 2.75) is 26.4 Å². The highest BCUT2D eigenvalue weighted by Crippen LogP contribution is 2.21. The summed E-state index contributed by atoms with van der Waals surface area (Å²) in [4.78, 5) is 4.15. The molecule has 1 heterocycles. The molecule has 1 aromatic rings. The van der Waals surface area contributed by atoms with Crippen molar-refractivity contribution in [2.75, 3.05) is 17.6 Å². The third-order valence-corrected chi connectivity index (χ3v) is 2.89. The second-order valence-corrected chi connectivity index (χ2v) is 5.90. The minimum atomic E-state index is -3.40. The zero-order valence-corrected chi connectivity index (χ0v) is 11.4. The van der Waals surface area contributed by atoms with Gasteiger partial charge in [-0.05, 0) is 32.4 Å². The molecule has 0 aliphatic rings. The molecule has 7 heteroatoms. The van der Waals surface area contributed by atoms with E-state index in [0.29, 0.717) is 24.5 Å². The van der Waals surface area contributed by atoms with Gasteiger partial charge in [0.2, 0.25) is 10.0 Å². The third kappa shape index (κ3) is 5.83. The Balaban J connectivity index is 2.51. The predicted octanol–water partition coefficient (Wildman–Crippen LogP) is 0.959. The van der Waals surface area contributed by atoms with E-state index in [4.69, 9.17) is 9.88 Å². The van der Waals surface area contributed by atoms with Gasteiger partial charge in [0.25, 0.3) is 0 Å². The van der Waals surface area contributed by atoms with Gasteiger partial charge in [0.15, 0.2) is 11.6 Å². The maximum Gasteiger partial charge on any atom is 0.209 e. The topological polar surface area (TPSA) is 94.3 Å². The Morgan fingerprint density at radius 3 is 2.83 bits per heavy atom. The van der Waals surface area contributed by atoms with E-state index in [1.54, 1.807) is 12.3 Å². The van der Waals surface area contributed by atoms with E-state index in [2.05, 4.69) is 10.3 Å². The number of hydrogen-bond donors (Lipinski definition) is 2. The van der Waals surface area contributed by atoms with E-state index in [1.165, 1.54) is 0 Å². The van der Waals surface area contributed by atoms with Crippen LogP contribution in [0.25, 0.3) is 0 Å².